The van der Waals surface area contributed by atoms with Gasteiger partial charge in [-0.25, -0.2) is 9.59 Å². The van der Waals surface area contributed by atoms with E-state index in [1.807, 2.05) is 37.3 Å². The lowest BCUT2D eigenvalue weighted by Crippen LogP contribution is -2.40. The molecule has 0 aliphatic rings. The van der Waals surface area contributed by atoms with Gasteiger partial charge in [0.2, 0.25) is 0 Å². The molecule has 2 aromatic heterocycles. The summed E-state index contributed by atoms with van der Waals surface area (Å²) in [6.45, 7) is 8.73. The van der Waals surface area contributed by atoms with Gasteiger partial charge in [0.25, 0.3) is 11.1 Å². The summed E-state index contributed by atoms with van der Waals surface area (Å²) < 4.78 is 2.12. The summed E-state index contributed by atoms with van der Waals surface area (Å²) in [6.07, 6.45) is 0. The summed E-state index contributed by atoms with van der Waals surface area (Å²) in [6, 6.07) is 9.68. The summed E-state index contributed by atoms with van der Waals surface area (Å²) in [5.74, 6) is 0.139. The van der Waals surface area contributed by atoms with Crippen LogP contribution in [0.1, 0.15) is 58.3 Å². The Labute approximate surface area is 178 Å². The zero-order chi connectivity index (χ0) is 22.9. The topological polar surface area (TPSA) is 122 Å². The lowest BCUT2D eigenvalue weighted by atomic mass is 10.1. The molecule has 9 heteroatoms. The van der Waals surface area contributed by atoms with Crippen molar-refractivity contribution in [3.05, 3.63) is 83.6 Å². The second kappa shape index (κ2) is 8.63. The molecule has 0 bridgehead atoms. The largest absolute Gasteiger partial charge is 0.364 e. The van der Waals surface area contributed by atoms with Crippen LogP contribution in [0, 0.1) is 0 Å². The third-order valence-corrected chi connectivity index (χ3v) is 5.06. The molecule has 3 N–H and O–H groups in total. The van der Waals surface area contributed by atoms with Crippen molar-refractivity contribution in [2.45, 2.75) is 52.7 Å². The SMILES string of the molecule is CC(C)n1c(=O)cc(-c2c(N[C@@H](C)c3ccccc3)[nH]c(=O)n(C(C)C)c2=O)[nH]c1=O. The van der Waals surface area contributed by atoms with E-state index in [0.717, 1.165) is 14.7 Å². The van der Waals surface area contributed by atoms with Crippen LogP contribution in [0.25, 0.3) is 11.3 Å². The van der Waals surface area contributed by atoms with Gasteiger partial charge in [-0.1, -0.05) is 30.3 Å². The Morgan fingerprint density at radius 1 is 0.806 bits per heavy atom. The first kappa shape index (κ1) is 22.1. The van der Waals surface area contributed by atoms with Crippen LogP contribution in [0.3, 0.4) is 0 Å². The Balaban J connectivity index is 2.26. The Morgan fingerprint density at radius 2 is 1.39 bits per heavy atom. The van der Waals surface area contributed by atoms with E-state index < -0.39 is 28.5 Å². The molecule has 2 heterocycles. The number of hydrogen-bond acceptors (Lipinski definition) is 5. The van der Waals surface area contributed by atoms with Gasteiger partial charge >= 0.3 is 11.4 Å². The maximum atomic E-state index is 13.3. The van der Waals surface area contributed by atoms with Crippen LogP contribution in [0.2, 0.25) is 0 Å². The minimum absolute atomic E-state index is 0.0289. The smallest absolute Gasteiger partial charge is 0.330 e. The number of H-pyrrole nitrogens is 2. The highest BCUT2D eigenvalue weighted by Gasteiger charge is 2.21. The second-order valence-corrected chi connectivity index (χ2v) is 8.02. The first-order valence-electron chi connectivity index (χ1n) is 10.2. The summed E-state index contributed by atoms with van der Waals surface area (Å²) in [5, 5.41) is 3.15. The molecule has 0 amide bonds. The maximum absolute atomic E-state index is 13.3. The molecular formula is C22H27N5O4. The highest BCUT2D eigenvalue weighted by atomic mass is 16.2. The molecule has 3 rings (SSSR count). The van der Waals surface area contributed by atoms with Crippen LogP contribution in [0.15, 0.2) is 55.6 Å². The molecule has 0 unspecified atom stereocenters. The number of nitrogens with one attached hydrogen (secondary N) is 3. The van der Waals surface area contributed by atoms with E-state index in [-0.39, 0.29) is 29.2 Å². The molecule has 0 saturated heterocycles. The van der Waals surface area contributed by atoms with Crippen LogP contribution in [0.5, 0.6) is 0 Å². The summed E-state index contributed by atoms with van der Waals surface area (Å²) in [4.78, 5) is 56.3. The fourth-order valence-electron chi connectivity index (χ4n) is 3.55. The molecule has 0 aliphatic carbocycles. The summed E-state index contributed by atoms with van der Waals surface area (Å²) in [5.41, 5.74) is -1.32. The molecule has 1 atom stereocenters. The van der Waals surface area contributed by atoms with Crippen molar-refractivity contribution < 1.29 is 0 Å². The molecular weight excluding hydrogens is 398 g/mol. The van der Waals surface area contributed by atoms with Crippen LogP contribution in [-0.2, 0) is 0 Å². The molecule has 0 radical (unpaired) electrons. The van der Waals surface area contributed by atoms with Crippen molar-refractivity contribution in [1.82, 2.24) is 19.1 Å². The van der Waals surface area contributed by atoms with E-state index in [9.17, 15) is 19.2 Å². The van der Waals surface area contributed by atoms with Crippen molar-refractivity contribution in [3.8, 4) is 11.3 Å². The van der Waals surface area contributed by atoms with Crippen molar-refractivity contribution in [2.75, 3.05) is 5.32 Å². The van der Waals surface area contributed by atoms with Gasteiger partial charge in [0.05, 0.1) is 5.69 Å². The van der Waals surface area contributed by atoms with Gasteiger partial charge < -0.3 is 10.3 Å². The van der Waals surface area contributed by atoms with Gasteiger partial charge in [-0.3, -0.25) is 23.7 Å². The van der Waals surface area contributed by atoms with Gasteiger partial charge in [0, 0.05) is 24.2 Å². The van der Waals surface area contributed by atoms with Crippen LogP contribution < -0.4 is 27.8 Å². The summed E-state index contributed by atoms with van der Waals surface area (Å²) >= 11 is 0. The average Bonchev–Trinajstić information content (AvgIpc) is 2.67. The number of aromatic nitrogens is 4. The van der Waals surface area contributed by atoms with E-state index in [2.05, 4.69) is 15.3 Å². The normalized spacial score (nSPS) is 12.4. The number of rotatable bonds is 6. The molecule has 0 aliphatic heterocycles. The standard InChI is InChI=1S/C22H27N5O4/c1-12(2)26-17(28)11-16(24-21(26)30)18-19(23-14(5)15-9-7-6-8-10-15)25-22(31)27(13(3)4)20(18)29/h6-14,23H,1-5H3,(H,24,30)(H,25,31)/t14-/m0/s1. The Hall–Kier alpha value is -3.62. The lowest BCUT2D eigenvalue weighted by Gasteiger charge is -2.20. The fraction of sp³-hybridized carbons (Fsp3) is 0.364. The summed E-state index contributed by atoms with van der Waals surface area (Å²) in [7, 11) is 0. The molecule has 164 valence electrons. The minimum atomic E-state index is -0.624. The second-order valence-electron chi connectivity index (χ2n) is 8.02. The van der Waals surface area contributed by atoms with Gasteiger partial charge in [-0.05, 0) is 40.2 Å². The maximum Gasteiger partial charge on any atom is 0.330 e. The Morgan fingerprint density at radius 3 is 1.94 bits per heavy atom. The molecule has 0 fully saturated rings. The number of nitrogens with zero attached hydrogens (tertiary/aromatic N) is 2. The number of anilines is 1. The first-order chi connectivity index (χ1) is 14.6. The third-order valence-electron chi connectivity index (χ3n) is 5.06. The zero-order valence-electron chi connectivity index (χ0n) is 18.2. The lowest BCUT2D eigenvalue weighted by molar-refractivity contribution is 0.543. The van der Waals surface area contributed by atoms with Crippen molar-refractivity contribution in [2.24, 2.45) is 0 Å². The highest BCUT2D eigenvalue weighted by Crippen LogP contribution is 2.23. The van der Waals surface area contributed by atoms with E-state index in [4.69, 9.17) is 0 Å². The van der Waals surface area contributed by atoms with Crippen LogP contribution in [-0.4, -0.2) is 19.1 Å². The average molecular weight is 425 g/mol. The van der Waals surface area contributed by atoms with E-state index in [1.54, 1.807) is 27.7 Å². The molecule has 0 saturated carbocycles. The van der Waals surface area contributed by atoms with Crippen LogP contribution in [0.4, 0.5) is 5.82 Å². The predicted octanol–water partition coefficient (Wildman–Crippen LogP) is 2.39. The number of aromatic amines is 2. The Bertz CT molecular complexity index is 1280. The van der Waals surface area contributed by atoms with E-state index in [0.29, 0.717) is 0 Å². The molecule has 9 nitrogen and oxygen atoms in total. The van der Waals surface area contributed by atoms with Gasteiger partial charge in [-0.2, -0.15) is 0 Å². The van der Waals surface area contributed by atoms with Crippen molar-refractivity contribution in [3.63, 3.8) is 0 Å². The molecule has 31 heavy (non-hydrogen) atoms. The quantitative estimate of drug-likeness (QED) is 0.560. The molecule has 3 aromatic rings. The fourth-order valence-corrected chi connectivity index (χ4v) is 3.55. The highest BCUT2D eigenvalue weighted by molar-refractivity contribution is 5.71. The number of hydrogen-bond donors (Lipinski definition) is 3. The number of benzene rings is 1. The van der Waals surface area contributed by atoms with Crippen molar-refractivity contribution >= 4 is 5.82 Å². The Kier molecular flexibility index (Phi) is 6.14. The van der Waals surface area contributed by atoms with Gasteiger partial charge in [0.15, 0.2) is 0 Å². The van der Waals surface area contributed by atoms with Crippen molar-refractivity contribution in [1.29, 1.82) is 0 Å². The third kappa shape index (κ3) is 4.30. The molecule has 0 spiro atoms. The van der Waals surface area contributed by atoms with E-state index in [1.165, 1.54) is 6.07 Å². The van der Waals surface area contributed by atoms with E-state index >= 15 is 0 Å². The first-order valence-corrected chi connectivity index (χ1v) is 10.2. The minimum Gasteiger partial charge on any atom is -0.364 e. The van der Waals surface area contributed by atoms with Gasteiger partial charge in [-0.15, -0.1) is 0 Å². The zero-order valence-corrected chi connectivity index (χ0v) is 18.2. The van der Waals surface area contributed by atoms with Gasteiger partial charge in [0.1, 0.15) is 11.4 Å². The van der Waals surface area contributed by atoms with Crippen LogP contribution >= 0.6 is 0 Å². The monoisotopic (exact) mass is 425 g/mol. The molecule has 1 aromatic carbocycles. The predicted molar refractivity (Wildman–Crippen MR) is 121 cm³/mol.